The fourth-order valence-corrected chi connectivity index (χ4v) is 3.54. The SMILES string of the molecule is CC[C@H](N)C(=O)N1CCN(c2nc3ccccc3s2)CC1. The molecule has 0 saturated carbocycles. The molecule has 1 aliphatic rings. The monoisotopic (exact) mass is 304 g/mol. The van der Waals surface area contributed by atoms with Gasteiger partial charge in [-0.2, -0.15) is 0 Å². The molecule has 2 N–H and O–H groups in total. The van der Waals surface area contributed by atoms with Crippen molar-refractivity contribution in [2.45, 2.75) is 19.4 Å². The second-order valence-electron chi connectivity index (χ2n) is 5.29. The zero-order valence-electron chi connectivity index (χ0n) is 12.2. The molecular weight excluding hydrogens is 284 g/mol. The van der Waals surface area contributed by atoms with Crippen molar-refractivity contribution >= 4 is 32.6 Å². The third-order valence-electron chi connectivity index (χ3n) is 3.90. The highest BCUT2D eigenvalue weighted by atomic mass is 32.1. The lowest BCUT2D eigenvalue weighted by atomic mass is 10.2. The number of amides is 1. The highest BCUT2D eigenvalue weighted by Crippen LogP contribution is 2.29. The molecule has 6 heteroatoms. The number of rotatable bonds is 3. The number of carbonyl (C=O) groups excluding carboxylic acids is 1. The van der Waals surface area contributed by atoms with E-state index in [1.54, 1.807) is 11.3 Å². The van der Waals surface area contributed by atoms with E-state index in [4.69, 9.17) is 5.73 Å². The van der Waals surface area contributed by atoms with Gasteiger partial charge in [-0.25, -0.2) is 4.98 Å². The molecule has 3 rings (SSSR count). The fraction of sp³-hybridized carbons (Fsp3) is 0.467. The van der Waals surface area contributed by atoms with Crippen LogP contribution < -0.4 is 10.6 Å². The molecule has 1 fully saturated rings. The van der Waals surface area contributed by atoms with Gasteiger partial charge < -0.3 is 15.5 Å². The third-order valence-corrected chi connectivity index (χ3v) is 5.00. The molecule has 0 aliphatic carbocycles. The normalized spacial score (nSPS) is 17.2. The van der Waals surface area contributed by atoms with E-state index in [1.807, 2.05) is 30.0 Å². The number of hydrogen-bond donors (Lipinski definition) is 1. The lowest BCUT2D eigenvalue weighted by Crippen LogP contribution is -2.53. The molecule has 1 aromatic heterocycles. The number of benzene rings is 1. The first kappa shape index (κ1) is 14.3. The predicted molar refractivity (Wildman–Crippen MR) is 86.7 cm³/mol. The highest BCUT2D eigenvalue weighted by Gasteiger charge is 2.25. The number of carbonyl (C=O) groups is 1. The van der Waals surface area contributed by atoms with E-state index in [-0.39, 0.29) is 11.9 Å². The van der Waals surface area contributed by atoms with Gasteiger partial charge in [0.2, 0.25) is 5.91 Å². The van der Waals surface area contributed by atoms with E-state index < -0.39 is 0 Å². The molecule has 0 radical (unpaired) electrons. The Labute approximate surface area is 128 Å². The minimum absolute atomic E-state index is 0.0708. The van der Waals surface area contributed by atoms with Gasteiger partial charge in [-0.05, 0) is 18.6 Å². The van der Waals surface area contributed by atoms with Gasteiger partial charge in [0, 0.05) is 26.2 Å². The number of para-hydroxylation sites is 1. The molecule has 1 saturated heterocycles. The Bertz CT molecular complexity index is 600. The molecule has 0 unspecified atom stereocenters. The zero-order chi connectivity index (χ0) is 14.8. The lowest BCUT2D eigenvalue weighted by Gasteiger charge is -2.35. The van der Waals surface area contributed by atoms with Crippen LogP contribution in [-0.2, 0) is 4.79 Å². The smallest absolute Gasteiger partial charge is 0.239 e. The van der Waals surface area contributed by atoms with Gasteiger partial charge in [-0.15, -0.1) is 0 Å². The number of fused-ring (bicyclic) bond motifs is 1. The number of nitrogens with zero attached hydrogens (tertiary/aromatic N) is 3. The van der Waals surface area contributed by atoms with Gasteiger partial charge >= 0.3 is 0 Å². The van der Waals surface area contributed by atoms with E-state index in [0.717, 1.165) is 36.8 Å². The van der Waals surface area contributed by atoms with Gasteiger partial charge in [0.1, 0.15) is 0 Å². The summed E-state index contributed by atoms with van der Waals surface area (Å²) in [5.41, 5.74) is 6.87. The Balaban J connectivity index is 1.67. The Hall–Kier alpha value is -1.66. The maximum absolute atomic E-state index is 12.1. The lowest BCUT2D eigenvalue weighted by molar-refractivity contribution is -0.132. The van der Waals surface area contributed by atoms with Crippen LogP contribution in [0, 0.1) is 0 Å². The largest absolute Gasteiger partial charge is 0.345 e. The average molecular weight is 304 g/mol. The standard InChI is InChI=1S/C15H20N4OS/c1-2-11(16)14(20)18-7-9-19(10-8-18)15-17-12-5-3-4-6-13(12)21-15/h3-6,11H,2,7-10,16H2,1H3/t11-/m0/s1. The van der Waals surface area contributed by atoms with Crippen LogP contribution in [0.4, 0.5) is 5.13 Å². The predicted octanol–water partition coefficient (Wildman–Crippen LogP) is 1.68. The van der Waals surface area contributed by atoms with Crippen LogP contribution in [0.25, 0.3) is 10.2 Å². The molecule has 1 amide bonds. The Morgan fingerprint density at radius 1 is 1.33 bits per heavy atom. The second-order valence-corrected chi connectivity index (χ2v) is 6.30. The van der Waals surface area contributed by atoms with Gasteiger partial charge in [0.15, 0.2) is 5.13 Å². The molecule has 2 aromatic rings. The third kappa shape index (κ3) is 2.87. The molecule has 0 spiro atoms. The van der Waals surface area contributed by atoms with Crippen LogP contribution in [0.15, 0.2) is 24.3 Å². The summed E-state index contributed by atoms with van der Waals surface area (Å²) in [6.45, 7) is 5.04. The second kappa shape index (κ2) is 5.99. The first-order valence-electron chi connectivity index (χ1n) is 7.34. The maximum Gasteiger partial charge on any atom is 0.239 e. The average Bonchev–Trinajstić information content (AvgIpc) is 2.97. The molecule has 1 atom stereocenters. The van der Waals surface area contributed by atoms with Crippen molar-refractivity contribution in [2.24, 2.45) is 5.73 Å². The van der Waals surface area contributed by atoms with Crippen molar-refractivity contribution in [3.05, 3.63) is 24.3 Å². The first-order chi connectivity index (χ1) is 10.2. The summed E-state index contributed by atoms with van der Waals surface area (Å²) in [5, 5.41) is 1.04. The van der Waals surface area contributed by atoms with Crippen molar-refractivity contribution in [1.82, 2.24) is 9.88 Å². The van der Waals surface area contributed by atoms with E-state index >= 15 is 0 Å². The molecule has 1 aromatic carbocycles. The molecule has 21 heavy (non-hydrogen) atoms. The number of nitrogens with two attached hydrogens (primary N) is 1. The van der Waals surface area contributed by atoms with Gasteiger partial charge in [-0.3, -0.25) is 4.79 Å². The number of hydrogen-bond acceptors (Lipinski definition) is 5. The van der Waals surface area contributed by atoms with E-state index in [2.05, 4.69) is 16.0 Å². The van der Waals surface area contributed by atoms with Crippen molar-refractivity contribution in [2.75, 3.05) is 31.1 Å². The number of anilines is 1. The maximum atomic E-state index is 12.1. The molecule has 2 heterocycles. The van der Waals surface area contributed by atoms with Crippen LogP contribution in [0.1, 0.15) is 13.3 Å². The Morgan fingerprint density at radius 3 is 2.71 bits per heavy atom. The van der Waals surface area contributed by atoms with Crippen LogP contribution in [0.3, 0.4) is 0 Å². The minimum Gasteiger partial charge on any atom is -0.345 e. The van der Waals surface area contributed by atoms with Crippen LogP contribution >= 0.6 is 11.3 Å². The minimum atomic E-state index is -0.362. The summed E-state index contributed by atoms with van der Waals surface area (Å²) in [5.74, 6) is 0.0708. The summed E-state index contributed by atoms with van der Waals surface area (Å²) >= 11 is 1.71. The molecule has 5 nitrogen and oxygen atoms in total. The Morgan fingerprint density at radius 2 is 2.05 bits per heavy atom. The summed E-state index contributed by atoms with van der Waals surface area (Å²) in [6.07, 6.45) is 0.691. The molecule has 112 valence electrons. The zero-order valence-corrected chi connectivity index (χ0v) is 13.0. The summed E-state index contributed by atoms with van der Waals surface area (Å²) in [4.78, 5) is 20.9. The van der Waals surface area contributed by atoms with E-state index in [0.29, 0.717) is 6.42 Å². The van der Waals surface area contributed by atoms with Crippen molar-refractivity contribution in [3.8, 4) is 0 Å². The number of piperazine rings is 1. The van der Waals surface area contributed by atoms with Crippen LogP contribution in [-0.4, -0.2) is 48.0 Å². The van der Waals surface area contributed by atoms with Crippen molar-refractivity contribution < 1.29 is 4.79 Å². The van der Waals surface area contributed by atoms with Gasteiger partial charge in [-0.1, -0.05) is 30.4 Å². The first-order valence-corrected chi connectivity index (χ1v) is 8.15. The number of aromatic nitrogens is 1. The molecule has 1 aliphatic heterocycles. The molecular formula is C15H20N4OS. The summed E-state index contributed by atoms with van der Waals surface area (Å²) in [7, 11) is 0. The van der Waals surface area contributed by atoms with Gasteiger partial charge in [0.25, 0.3) is 0 Å². The van der Waals surface area contributed by atoms with Crippen LogP contribution in [0.5, 0.6) is 0 Å². The highest BCUT2D eigenvalue weighted by molar-refractivity contribution is 7.22. The fourth-order valence-electron chi connectivity index (χ4n) is 2.52. The number of thiazole rings is 1. The van der Waals surface area contributed by atoms with Gasteiger partial charge in [0.05, 0.1) is 16.3 Å². The van der Waals surface area contributed by atoms with E-state index in [1.165, 1.54) is 4.70 Å². The van der Waals surface area contributed by atoms with Crippen molar-refractivity contribution in [1.29, 1.82) is 0 Å². The Kier molecular flexibility index (Phi) is 4.07. The van der Waals surface area contributed by atoms with Crippen molar-refractivity contribution in [3.63, 3.8) is 0 Å². The topological polar surface area (TPSA) is 62.5 Å². The summed E-state index contributed by atoms with van der Waals surface area (Å²) < 4.78 is 1.21. The molecule has 0 bridgehead atoms. The van der Waals surface area contributed by atoms with Crippen LogP contribution in [0.2, 0.25) is 0 Å². The quantitative estimate of drug-likeness (QED) is 0.937. The summed E-state index contributed by atoms with van der Waals surface area (Å²) in [6, 6.07) is 7.81. The van der Waals surface area contributed by atoms with E-state index in [9.17, 15) is 4.79 Å².